The van der Waals surface area contributed by atoms with Gasteiger partial charge in [0.2, 0.25) is 0 Å². The molecule has 0 atom stereocenters. The monoisotopic (exact) mass is 390 g/mol. The van der Waals surface area contributed by atoms with Crippen molar-refractivity contribution in [1.29, 1.82) is 0 Å². The fourth-order valence-electron chi connectivity index (χ4n) is 2.71. The highest BCUT2D eigenvalue weighted by Crippen LogP contribution is 2.32. The highest BCUT2D eigenvalue weighted by atomic mass is 16.5. The minimum atomic E-state index is -0.826. The van der Waals surface area contributed by atoms with E-state index in [1.54, 1.807) is 13.2 Å². The van der Waals surface area contributed by atoms with Crippen LogP contribution < -0.4 is 0 Å². The molecule has 1 aliphatic carbocycles. The summed E-state index contributed by atoms with van der Waals surface area (Å²) in [5, 5.41) is 8.91. The number of allylic oxidation sites excluding steroid dienone is 4. The number of carboxylic acid groups (broad SMARTS) is 1. The molecule has 1 saturated carbocycles. The molecule has 1 N–H and O–H groups in total. The first-order valence-corrected chi connectivity index (χ1v) is 10.6. The number of carboxylic acids is 1. The van der Waals surface area contributed by atoms with Crippen molar-refractivity contribution in [3.63, 3.8) is 0 Å². The molecule has 0 heterocycles. The first-order chi connectivity index (χ1) is 13.6. The molecule has 1 aliphatic rings. The van der Waals surface area contributed by atoms with Crippen LogP contribution >= 0.6 is 0 Å². The van der Waals surface area contributed by atoms with Gasteiger partial charge in [0.25, 0.3) is 0 Å². The Morgan fingerprint density at radius 2 is 1.64 bits per heavy atom. The topological polar surface area (TPSA) is 46.5 Å². The number of hydrogen-bond donors (Lipinski definition) is 1. The molecule has 3 nitrogen and oxygen atoms in total. The van der Waals surface area contributed by atoms with E-state index in [4.69, 9.17) is 5.11 Å². The largest absolute Gasteiger partial charge is 0.478 e. The van der Waals surface area contributed by atoms with Crippen molar-refractivity contribution in [2.24, 2.45) is 0 Å². The van der Waals surface area contributed by atoms with E-state index in [0.29, 0.717) is 11.5 Å². The van der Waals surface area contributed by atoms with E-state index < -0.39 is 5.97 Å². The number of benzene rings is 1. The smallest absolute Gasteiger partial charge is 0.335 e. The molecule has 28 heavy (non-hydrogen) atoms. The van der Waals surface area contributed by atoms with E-state index in [9.17, 15) is 4.79 Å². The van der Waals surface area contributed by atoms with E-state index >= 15 is 0 Å². The van der Waals surface area contributed by atoms with Gasteiger partial charge in [-0.3, -0.25) is 0 Å². The molecule has 160 valence electrons. The molecule has 3 heteroatoms. The van der Waals surface area contributed by atoms with E-state index in [1.165, 1.54) is 37.7 Å². The van der Waals surface area contributed by atoms with Gasteiger partial charge < -0.3 is 9.84 Å². The molecule has 0 unspecified atom stereocenters. The van der Waals surface area contributed by atoms with Crippen LogP contribution in [-0.4, -0.2) is 24.8 Å². The molecule has 1 aromatic carbocycles. The third kappa shape index (κ3) is 15.2. The fourth-order valence-corrected chi connectivity index (χ4v) is 2.71. The summed E-state index contributed by atoms with van der Waals surface area (Å²) < 4.78 is 4.54. The van der Waals surface area contributed by atoms with Gasteiger partial charge in [-0.25, -0.2) is 4.79 Å². The van der Waals surface area contributed by atoms with Crippen LogP contribution in [0.3, 0.4) is 0 Å². The normalized spacial score (nSPS) is 13.6. The number of carbonyl (C=O) groups is 1. The first-order valence-electron chi connectivity index (χ1n) is 10.6. The SMILES string of the molecule is C/C=C\C/C=C\C.CC.CCOC.O=C(O)c1cccc(C2CCCCC2)c1. The van der Waals surface area contributed by atoms with E-state index in [2.05, 4.69) is 35.1 Å². The number of ether oxygens (including phenoxy) is 1. The Kier molecular flexibility index (Phi) is 21.7. The number of methoxy groups -OCH3 is 1. The lowest BCUT2D eigenvalue weighted by molar-refractivity contribution is 0.0696. The molecular formula is C25H42O3. The van der Waals surface area contributed by atoms with Crippen LogP contribution in [0.1, 0.15) is 95.0 Å². The Balaban J connectivity index is 0. The second kappa shape index (κ2) is 21.4. The molecule has 1 fully saturated rings. The van der Waals surface area contributed by atoms with Gasteiger partial charge in [-0.15, -0.1) is 0 Å². The molecule has 2 rings (SSSR count). The summed E-state index contributed by atoms with van der Waals surface area (Å²) in [5.74, 6) is -0.245. The molecule has 0 aromatic heterocycles. The third-order valence-electron chi connectivity index (χ3n) is 4.24. The molecule has 0 bridgehead atoms. The van der Waals surface area contributed by atoms with E-state index in [1.807, 2.05) is 46.8 Å². The molecule has 0 amide bonds. The molecule has 0 aliphatic heterocycles. The van der Waals surface area contributed by atoms with Crippen molar-refractivity contribution in [2.45, 2.75) is 79.1 Å². The fraction of sp³-hybridized carbons (Fsp3) is 0.560. The zero-order valence-electron chi connectivity index (χ0n) is 18.9. The standard InChI is InChI=1S/C13H16O2.C7H12.C3H8O.C2H6/c14-13(15)12-8-4-7-11(9-12)10-5-2-1-3-6-10;1-3-5-7-6-4-2;1-3-4-2;1-2/h4,7-10H,1-3,5-6H2,(H,14,15);3-6H,7H2,1-2H3;3H2,1-2H3;1-2H3/b;5-3-,6-4-;;. The summed E-state index contributed by atoms with van der Waals surface area (Å²) in [6.45, 7) is 10.8. The minimum Gasteiger partial charge on any atom is -0.478 e. The number of rotatable bonds is 5. The van der Waals surface area contributed by atoms with Crippen LogP contribution in [0.2, 0.25) is 0 Å². The molecule has 0 spiro atoms. The second-order valence-corrected chi connectivity index (χ2v) is 6.22. The van der Waals surface area contributed by atoms with Gasteiger partial charge in [-0.2, -0.15) is 0 Å². The Hall–Kier alpha value is -1.87. The van der Waals surface area contributed by atoms with Crippen molar-refractivity contribution < 1.29 is 14.6 Å². The Morgan fingerprint density at radius 1 is 1.11 bits per heavy atom. The van der Waals surface area contributed by atoms with Crippen LogP contribution in [0.5, 0.6) is 0 Å². The zero-order chi connectivity index (χ0) is 21.6. The van der Waals surface area contributed by atoms with Crippen LogP contribution in [-0.2, 0) is 4.74 Å². The summed E-state index contributed by atoms with van der Waals surface area (Å²) in [6.07, 6.45) is 15.7. The third-order valence-corrected chi connectivity index (χ3v) is 4.24. The van der Waals surface area contributed by atoms with Gasteiger partial charge in [0.15, 0.2) is 0 Å². The Morgan fingerprint density at radius 3 is 2.07 bits per heavy atom. The van der Waals surface area contributed by atoms with Crippen LogP contribution in [0.15, 0.2) is 48.6 Å². The number of hydrogen-bond acceptors (Lipinski definition) is 2. The summed E-state index contributed by atoms with van der Waals surface area (Å²) >= 11 is 0. The predicted molar refractivity (Wildman–Crippen MR) is 122 cm³/mol. The van der Waals surface area contributed by atoms with Crippen molar-refractivity contribution >= 4 is 5.97 Å². The molecular weight excluding hydrogens is 348 g/mol. The van der Waals surface area contributed by atoms with Crippen molar-refractivity contribution in [2.75, 3.05) is 13.7 Å². The van der Waals surface area contributed by atoms with E-state index in [-0.39, 0.29) is 0 Å². The minimum absolute atomic E-state index is 0.415. The molecule has 0 radical (unpaired) electrons. The van der Waals surface area contributed by atoms with Gasteiger partial charge >= 0.3 is 5.97 Å². The van der Waals surface area contributed by atoms with Crippen LogP contribution in [0, 0.1) is 0 Å². The summed E-state index contributed by atoms with van der Waals surface area (Å²) in [5.41, 5.74) is 1.62. The van der Waals surface area contributed by atoms with Crippen molar-refractivity contribution in [3.05, 3.63) is 59.7 Å². The second-order valence-electron chi connectivity index (χ2n) is 6.22. The average molecular weight is 391 g/mol. The van der Waals surface area contributed by atoms with Crippen molar-refractivity contribution in [1.82, 2.24) is 0 Å². The van der Waals surface area contributed by atoms with Gasteiger partial charge in [0.05, 0.1) is 5.56 Å². The molecule has 1 aromatic rings. The zero-order valence-corrected chi connectivity index (χ0v) is 18.9. The van der Waals surface area contributed by atoms with Crippen LogP contribution in [0.25, 0.3) is 0 Å². The lowest BCUT2D eigenvalue weighted by Crippen LogP contribution is -2.06. The van der Waals surface area contributed by atoms with E-state index in [0.717, 1.165) is 13.0 Å². The predicted octanol–water partition coefficient (Wildman–Crippen LogP) is 7.64. The summed E-state index contributed by atoms with van der Waals surface area (Å²) in [4.78, 5) is 10.8. The Labute approximate surface area is 173 Å². The Bertz CT molecular complexity index is 514. The highest BCUT2D eigenvalue weighted by Gasteiger charge is 2.16. The lowest BCUT2D eigenvalue weighted by Gasteiger charge is -2.22. The van der Waals surface area contributed by atoms with Gasteiger partial charge in [0.1, 0.15) is 0 Å². The highest BCUT2D eigenvalue weighted by molar-refractivity contribution is 5.87. The van der Waals surface area contributed by atoms with Gasteiger partial charge in [0, 0.05) is 13.7 Å². The quantitative estimate of drug-likeness (QED) is 0.525. The molecule has 0 saturated heterocycles. The summed E-state index contributed by atoms with van der Waals surface area (Å²) in [6, 6.07) is 7.41. The van der Waals surface area contributed by atoms with Crippen molar-refractivity contribution in [3.8, 4) is 0 Å². The van der Waals surface area contributed by atoms with Gasteiger partial charge in [-0.1, -0.05) is 69.5 Å². The maximum Gasteiger partial charge on any atom is 0.335 e. The average Bonchev–Trinajstić information content (AvgIpc) is 2.77. The van der Waals surface area contributed by atoms with Gasteiger partial charge in [-0.05, 0) is 63.6 Å². The maximum absolute atomic E-state index is 10.8. The summed E-state index contributed by atoms with van der Waals surface area (Å²) in [7, 11) is 1.68. The maximum atomic E-state index is 10.8. The lowest BCUT2D eigenvalue weighted by atomic mass is 9.84. The number of aromatic carboxylic acids is 1. The first kappa shape index (κ1) is 28.3. The van der Waals surface area contributed by atoms with Crippen LogP contribution in [0.4, 0.5) is 0 Å².